The van der Waals surface area contributed by atoms with E-state index in [1.54, 1.807) is 10.9 Å². The highest BCUT2D eigenvalue weighted by atomic mass is 16.5. The van der Waals surface area contributed by atoms with Gasteiger partial charge in [-0.25, -0.2) is 4.98 Å². The lowest BCUT2D eigenvalue weighted by atomic mass is 10.0. The van der Waals surface area contributed by atoms with Crippen LogP contribution in [0.1, 0.15) is 11.6 Å². The molecule has 1 aromatic carbocycles. The second kappa shape index (κ2) is 7.47. The number of aliphatic hydroxyl groups is 2. The van der Waals surface area contributed by atoms with E-state index in [0.717, 1.165) is 5.56 Å². The summed E-state index contributed by atoms with van der Waals surface area (Å²) in [4.78, 5) is 15.3. The summed E-state index contributed by atoms with van der Waals surface area (Å²) in [6.07, 6.45) is 0.590. The van der Waals surface area contributed by atoms with Crippen molar-refractivity contribution in [3.05, 3.63) is 42.2 Å². The first-order valence-corrected chi connectivity index (χ1v) is 8.85. The van der Waals surface area contributed by atoms with Crippen LogP contribution in [0.2, 0.25) is 0 Å². The molecule has 142 valence electrons. The molecule has 2 aromatic heterocycles. The number of fused-ring (bicyclic) bond motifs is 1. The largest absolute Gasteiger partial charge is 0.394 e. The Morgan fingerprint density at radius 3 is 2.59 bits per heavy atom. The smallest absolute Gasteiger partial charge is 0.224 e. The van der Waals surface area contributed by atoms with Gasteiger partial charge in [-0.1, -0.05) is 30.3 Å². The van der Waals surface area contributed by atoms with Gasteiger partial charge in [0.1, 0.15) is 6.10 Å². The van der Waals surface area contributed by atoms with Crippen molar-refractivity contribution in [3.8, 4) is 0 Å². The SMILES string of the molecule is Nc1nc(N2CCOCC2)c2ncn([C@@H](c3ccccc3)C(O)CO)c2n1. The molecule has 4 rings (SSSR count). The lowest BCUT2D eigenvalue weighted by Gasteiger charge is -2.28. The van der Waals surface area contributed by atoms with E-state index >= 15 is 0 Å². The van der Waals surface area contributed by atoms with Crippen LogP contribution in [0.25, 0.3) is 11.2 Å². The molecule has 1 aliphatic heterocycles. The number of aliphatic hydroxyl groups excluding tert-OH is 2. The zero-order chi connectivity index (χ0) is 18.8. The monoisotopic (exact) mass is 370 g/mol. The molecule has 0 radical (unpaired) electrons. The molecule has 0 saturated carbocycles. The molecule has 0 spiro atoms. The van der Waals surface area contributed by atoms with Gasteiger partial charge in [-0.15, -0.1) is 0 Å². The van der Waals surface area contributed by atoms with Gasteiger partial charge in [-0.05, 0) is 5.56 Å². The molecular weight excluding hydrogens is 348 g/mol. The number of aromatic nitrogens is 4. The Balaban J connectivity index is 1.85. The fraction of sp³-hybridized carbons (Fsp3) is 0.389. The standard InChI is InChI=1S/C18H22N6O3/c19-18-21-16(23-6-8-27-9-7-23)14-17(22-18)24(11-20-14)15(13(26)10-25)12-4-2-1-3-5-12/h1-5,11,13,15,25-26H,6-10H2,(H2,19,21,22)/t13?,15-/m0/s1. The van der Waals surface area contributed by atoms with Crippen molar-refractivity contribution in [1.29, 1.82) is 0 Å². The van der Waals surface area contributed by atoms with Crippen molar-refractivity contribution in [2.24, 2.45) is 0 Å². The topological polar surface area (TPSA) is 123 Å². The molecular formula is C18H22N6O3. The highest BCUT2D eigenvalue weighted by Gasteiger charge is 2.27. The van der Waals surface area contributed by atoms with Gasteiger partial charge in [0.25, 0.3) is 0 Å². The van der Waals surface area contributed by atoms with Crippen molar-refractivity contribution in [2.75, 3.05) is 43.5 Å². The maximum atomic E-state index is 10.5. The normalized spacial score (nSPS) is 17.2. The van der Waals surface area contributed by atoms with Gasteiger partial charge in [0.2, 0.25) is 5.95 Å². The molecule has 1 aliphatic rings. The number of morpholine rings is 1. The number of ether oxygens (including phenoxy) is 1. The molecule has 4 N–H and O–H groups in total. The minimum absolute atomic E-state index is 0.135. The van der Waals surface area contributed by atoms with Crippen molar-refractivity contribution in [2.45, 2.75) is 12.1 Å². The first kappa shape index (κ1) is 17.7. The summed E-state index contributed by atoms with van der Waals surface area (Å²) in [6.45, 7) is 2.22. The number of rotatable bonds is 5. The van der Waals surface area contributed by atoms with Crippen LogP contribution >= 0.6 is 0 Å². The van der Waals surface area contributed by atoms with Gasteiger partial charge in [-0.3, -0.25) is 0 Å². The molecule has 1 fully saturated rings. The fourth-order valence-corrected chi connectivity index (χ4v) is 3.44. The quantitative estimate of drug-likeness (QED) is 0.582. The zero-order valence-corrected chi connectivity index (χ0v) is 14.8. The maximum absolute atomic E-state index is 10.5. The highest BCUT2D eigenvalue weighted by molar-refractivity contribution is 5.85. The molecule has 9 nitrogen and oxygen atoms in total. The van der Waals surface area contributed by atoms with Crippen LogP contribution in [-0.4, -0.2) is 68.7 Å². The third-order valence-electron chi connectivity index (χ3n) is 4.72. The molecule has 1 unspecified atom stereocenters. The predicted octanol–water partition coefficient (Wildman–Crippen LogP) is 0.188. The molecule has 27 heavy (non-hydrogen) atoms. The van der Waals surface area contributed by atoms with E-state index in [9.17, 15) is 10.2 Å². The number of nitrogens with zero attached hydrogens (tertiary/aromatic N) is 5. The van der Waals surface area contributed by atoms with E-state index < -0.39 is 18.8 Å². The van der Waals surface area contributed by atoms with Gasteiger partial charge in [-0.2, -0.15) is 9.97 Å². The summed E-state index contributed by atoms with van der Waals surface area (Å²) in [7, 11) is 0. The summed E-state index contributed by atoms with van der Waals surface area (Å²) in [5.41, 5.74) is 7.94. The van der Waals surface area contributed by atoms with Crippen LogP contribution in [-0.2, 0) is 4.74 Å². The number of benzene rings is 1. The van der Waals surface area contributed by atoms with Gasteiger partial charge in [0.05, 0.1) is 32.2 Å². The minimum atomic E-state index is -1.02. The van der Waals surface area contributed by atoms with Crippen molar-refractivity contribution in [3.63, 3.8) is 0 Å². The van der Waals surface area contributed by atoms with E-state index in [1.807, 2.05) is 30.3 Å². The summed E-state index contributed by atoms with van der Waals surface area (Å²) in [5.74, 6) is 0.792. The number of nitrogen functional groups attached to an aromatic ring is 1. The van der Waals surface area contributed by atoms with Gasteiger partial charge < -0.3 is 30.2 Å². The molecule has 0 amide bonds. The number of hydrogen-bond donors (Lipinski definition) is 3. The number of imidazole rings is 1. The van der Waals surface area contributed by atoms with Crippen LogP contribution in [0.4, 0.5) is 11.8 Å². The average molecular weight is 370 g/mol. The van der Waals surface area contributed by atoms with E-state index in [1.165, 1.54) is 0 Å². The Morgan fingerprint density at radius 1 is 1.15 bits per heavy atom. The van der Waals surface area contributed by atoms with Gasteiger partial charge >= 0.3 is 0 Å². The van der Waals surface area contributed by atoms with E-state index in [4.69, 9.17) is 10.5 Å². The first-order chi connectivity index (χ1) is 13.2. The Morgan fingerprint density at radius 2 is 1.89 bits per heavy atom. The number of anilines is 2. The van der Waals surface area contributed by atoms with Crippen molar-refractivity contribution in [1.82, 2.24) is 19.5 Å². The molecule has 2 atom stereocenters. The molecule has 1 saturated heterocycles. The number of nitrogens with two attached hydrogens (primary N) is 1. The second-order valence-electron chi connectivity index (χ2n) is 6.43. The van der Waals surface area contributed by atoms with Crippen LogP contribution in [0.3, 0.4) is 0 Å². The Hall–Kier alpha value is -2.75. The van der Waals surface area contributed by atoms with E-state index in [0.29, 0.717) is 43.3 Å². The van der Waals surface area contributed by atoms with E-state index in [-0.39, 0.29) is 5.95 Å². The second-order valence-corrected chi connectivity index (χ2v) is 6.43. The maximum Gasteiger partial charge on any atom is 0.224 e. The van der Waals surface area contributed by atoms with Crippen molar-refractivity contribution >= 4 is 22.9 Å². The average Bonchev–Trinajstić information content (AvgIpc) is 3.12. The lowest BCUT2D eigenvalue weighted by molar-refractivity contribution is 0.0650. The molecule has 0 aliphatic carbocycles. The molecule has 9 heteroatoms. The Labute approximate surface area is 156 Å². The number of hydrogen-bond acceptors (Lipinski definition) is 8. The van der Waals surface area contributed by atoms with Crippen LogP contribution in [0, 0.1) is 0 Å². The summed E-state index contributed by atoms with van der Waals surface area (Å²) in [6, 6.07) is 8.90. The third-order valence-corrected chi connectivity index (χ3v) is 4.72. The van der Waals surface area contributed by atoms with Gasteiger partial charge in [0, 0.05) is 13.1 Å². The van der Waals surface area contributed by atoms with Crippen molar-refractivity contribution < 1.29 is 14.9 Å². The molecule has 3 aromatic rings. The molecule has 0 bridgehead atoms. The molecule has 3 heterocycles. The summed E-state index contributed by atoms with van der Waals surface area (Å²) in [5, 5.41) is 20.1. The predicted molar refractivity (Wildman–Crippen MR) is 100 cm³/mol. The van der Waals surface area contributed by atoms with Crippen LogP contribution < -0.4 is 10.6 Å². The van der Waals surface area contributed by atoms with Gasteiger partial charge in [0.15, 0.2) is 17.0 Å². The Bertz CT molecular complexity index is 910. The zero-order valence-electron chi connectivity index (χ0n) is 14.8. The Kier molecular flexibility index (Phi) is 4.88. The first-order valence-electron chi connectivity index (χ1n) is 8.85. The highest BCUT2D eigenvalue weighted by Crippen LogP contribution is 2.30. The third kappa shape index (κ3) is 3.32. The summed E-state index contributed by atoms with van der Waals surface area (Å²) >= 11 is 0. The lowest BCUT2D eigenvalue weighted by Crippen LogP contribution is -2.37. The summed E-state index contributed by atoms with van der Waals surface area (Å²) < 4.78 is 7.15. The minimum Gasteiger partial charge on any atom is -0.394 e. The van der Waals surface area contributed by atoms with E-state index in [2.05, 4.69) is 19.9 Å². The van der Waals surface area contributed by atoms with Crippen LogP contribution in [0.15, 0.2) is 36.7 Å². The van der Waals surface area contributed by atoms with Crippen LogP contribution in [0.5, 0.6) is 0 Å². The fourth-order valence-electron chi connectivity index (χ4n) is 3.44.